The molecular weight excluding hydrogens is 372 g/mol. The molecule has 2 heterocycles. The summed E-state index contributed by atoms with van der Waals surface area (Å²) < 4.78 is 0. The number of allylic oxidation sites excluding steroid dienone is 1. The monoisotopic (exact) mass is 394 g/mol. The maximum absolute atomic E-state index is 12.7. The van der Waals surface area contributed by atoms with Crippen LogP contribution < -0.4 is 0 Å². The van der Waals surface area contributed by atoms with Crippen molar-refractivity contribution in [2.24, 2.45) is 5.41 Å². The van der Waals surface area contributed by atoms with E-state index in [1.54, 1.807) is 6.92 Å². The highest BCUT2D eigenvalue weighted by atomic mass is 16.7. The average Bonchev–Trinajstić information content (AvgIpc) is 3.15. The number of carbonyl (C=O) groups is 6. The molecule has 0 saturated carbocycles. The standard InChI is InChI=1S/C18H22N2O8/c1-3-10-18(4-2,17(26)28-20-14(23)7-8-15(20)24)11-9-16(25)27-19-12(21)5-6-13(19)22/h3H,1,4-11H2,2H3. The van der Waals surface area contributed by atoms with Gasteiger partial charge >= 0.3 is 11.9 Å². The zero-order valence-electron chi connectivity index (χ0n) is 15.6. The van der Waals surface area contributed by atoms with Gasteiger partial charge in [0.25, 0.3) is 23.6 Å². The zero-order valence-corrected chi connectivity index (χ0v) is 15.6. The maximum Gasteiger partial charge on any atom is 0.339 e. The highest BCUT2D eigenvalue weighted by molar-refractivity contribution is 6.02. The van der Waals surface area contributed by atoms with Gasteiger partial charge in [-0.1, -0.05) is 13.0 Å². The van der Waals surface area contributed by atoms with Crippen molar-refractivity contribution in [3.8, 4) is 0 Å². The van der Waals surface area contributed by atoms with Gasteiger partial charge < -0.3 is 9.68 Å². The number of carbonyl (C=O) groups excluding carboxylic acids is 6. The summed E-state index contributed by atoms with van der Waals surface area (Å²) in [6.07, 6.45) is 1.41. The van der Waals surface area contributed by atoms with Gasteiger partial charge in [0.05, 0.1) is 5.41 Å². The Kier molecular flexibility index (Phi) is 6.66. The summed E-state index contributed by atoms with van der Waals surface area (Å²) in [5, 5.41) is 0.888. The van der Waals surface area contributed by atoms with Gasteiger partial charge in [0.1, 0.15) is 0 Å². The third-order valence-corrected chi connectivity index (χ3v) is 4.83. The predicted molar refractivity (Wildman–Crippen MR) is 91.1 cm³/mol. The lowest BCUT2D eigenvalue weighted by atomic mass is 9.77. The van der Waals surface area contributed by atoms with Crippen molar-refractivity contribution in [1.29, 1.82) is 0 Å². The van der Waals surface area contributed by atoms with Crippen LogP contribution in [-0.4, -0.2) is 45.7 Å². The molecule has 1 atom stereocenters. The van der Waals surface area contributed by atoms with Crippen LogP contribution in [0.2, 0.25) is 0 Å². The quantitative estimate of drug-likeness (QED) is 0.418. The first-order chi connectivity index (χ1) is 13.2. The van der Waals surface area contributed by atoms with Gasteiger partial charge in [-0.2, -0.15) is 0 Å². The molecular formula is C18H22N2O8. The summed E-state index contributed by atoms with van der Waals surface area (Å²) in [5.74, 6) is -4.10. The molecule has 10 nitrogen and oxygen atoms in total. The molecule has 2 aliphatic rings. The van der Waals surface area contributed by atoms with Crippen molar-refractivity contribution in [3.05, 3.63) is 12.7 Å². The van der Waals surface area contributed by atoms with Crippen LogP contribution in [0, 0.1) is 5.41 Å². The highest BCUT2D eigenvalue weighted by Gasteiger charge is 2.43. The third-order valence-electron chi connectivity index (χ3n) is 4.83. The topological polar surface area (TPSA) is 127 Å². The van der Waals surface area contributed by atoms with E-state index in [4.69, 9.17) is 9.68 Å². The minimum absolute atomic E-state index is 0.0221. The predicted octanol–water partition coefficient (Wildman–Crippen LogP) is 0.953. The smallest absolute Gasteiger partial charge is 0.330 e. The minimum atomic E-state index is -1.22. The fourth-order valence-electron chi connectivity index (χ4n) is 3.01. The average molecular weight is 394 g/mol. The Labute approximate surface area is 161 Å². The van der Waals surface area contributed by atoms with E-state index < -0.39 is 41.0 Å². The van der Waals surface area contributed by atoms with Gasteiger partial charge in [-0.3, -0.25) is 19.2 Å². The van der Waals surface area contributed by atoms with Gasteiger partial charge in [-0.05, 0) is 19.3 Å². The Morgan fingerprint density at radius 3 is 1.86 bits per heavy atom. The minimum Gasteiger partial charge on any atom is -0.330 e. The number of hydroxylamine groups is 4. The summed E-state index contributed by atoms with van der Waals surface area (Å²) in [6, 6.07) is 0. The third kappa shape index (κ3) is 4.44. The molecule has 4 amide bonds. The summed E-state index contributed by atoms with van der Waals surface area (Å²) >= 11 is 0. The molecule has 0 spiro atoms. The van der Waals surface area contributed by atoms with Crippen molar-refractivity contribution in [2.45, 2.75) is 58.3 Å². The van der Waals surface area contributed by atoms with Crippen LogP contribution in [0.5, 0.6) is 0 Å². The molecule has 0 aliphatic carbocycles. The molecule has 2 rings (SSSR count). The van der Waals surface area contributed by atoms with Crippen LogP contribution >= 0.6 is 0 Å². The van der Waals surface area contributed by atoms with Crippen molar-refractivity contribution < 1.29 is 38.4 Å². The van der Waals surface area contributed by atoms with Gasteiger partial charge in [-0.25, -0.2) is 9.59 Å². The van der Waals surface area contributed by atoms with E-state index in [9.17, 15) is 28.8 Å². The summed E-state index contributed by atoms with van der Waals surface area (Å²) in [5.41, 5.74) is -1.22. The number of nitrogens with zero attached hydrogens (tertiary/aromatic N) is 2. The molecule has 0 aromatic carbocycles. The lowest BCUT2D eigenvalue weighted by Crippen LogP contribution is -2.40. The van der Waals surface area contributed by atoms with E-state index >= 15 is 0 Å². The lowest BCUT2D eigenvalue weighted by molar-refractivity contribution is -0.207. The second-order valence-electron chi connectivity index (χ2n) is 6.63. The number of rotatable bonds is 9. The van der Waals surface area contributed by atoms with Crippen molar-refractivity contribution in [1.82, 2.24) is 10.1 Å². The Balaban J connectivity index is 2.03. The molecule has 2 fully saturated rings. The van der Waals surface area contributed by atoms with E-state index in [1.165, 1.54) is 6.08 Å². The van der Waals surface area contributed by atoms with Crippen molar-refractivity contribution >= 4 is 35.6 Å². The van der Waals surface area contributed by atoms with Crippen LogP contribution in [0.4, 0.5) is 0 Å². The molecule has 0 radical (unpaired) electrons. The second-order valence-corrected chi connectivity index (χ2v) is 6.63. The fraction of sp³-hybridized carbons (Fsp3) is 0.556. The van der Waals surface area contributed by atoms with E-state index in [1.807, 2.05) is 0 Å². The molecule has 1 unspecified atom stereocenters. The van der Waals surface area contributed by atoms with Crippen molar-refractivity contribution in [2.75, 3.05) is 0 Å². The Hall–Kier alpha value is -3.04. The molecule has 0 N–H and O–H groups in total. The van der Waals surface area contributed by atoms with Gasteiger partial charge in [0.15, 0.2) is 0 Å². The molecule has 10 heteroatoms. The van der Waals surface area contributed by atoms with Gasteiger partial charge in [0, 0.05) is 32.1 Å². The number of hydrogen-bond donors (Lipinski definition) is 0. The highest BCUT2D eigenvalue weighted by Crippen LogP contribution is 2.35. The first-order valence-corrected chi connectivity index (χ1v) is 8.99. The van der Waals surface area contributed by atoms with Crippen LogP contribution in [0.3, 0.4) is 0 Å². The van der Waals surface area contributed by atoms with Gasteiger partial charge in [0.2, 0.25) is 0 Å². The molecule has 0 aromatic rings. The van der Waals surface area contributed by atoms with Crippen LogP contribution in [0.1, 0.15) is 58.3 Å². The number of amides is 4. The van der Waals surface area contributed by atoms with Crippen LogP contribution in [0.15, 0.2) is 12.7 Å². The van der Waals surface area contributed by atoms with E-state index in [2.05, 4.69) is 6.58 Å². The van der Waals surface area contributed by atoms with E-state index in [-0.39, 0.29) is 51.4 Å². The Morgan fingerprint density at radius 1 is 0.964 bits per heavy atom. The SMILES string of the molecule is C=CCC(CC)(CCC(=O)ON1C(=O)CCC1=O)C(=O)ON1C(=O)CCC1=O. The summed E-state index contributed by atoms with van der Waals surface area (Å²) in [7, 11) is 0. The first kappa shape index (κ1) is 21.3. The molecule has 2 saturated heterocycles. The van der Waals surface area contributed by atoms with E-state index in [0.29, 0.717) is 10.1 Å². The van der Waals surface area contributed by atoms with E-state index in [0.717, 1.165) is 0 Å². The fourth-order valence-corrected chi connectivity index (χ4v) is 3.01. The Morgan fingerprint density at radius 2 is 1.43 bits per heavy atom. The first-order valence-electron chi connectivity index (χ1n) is 8.99. The summed E-state index contributed by atoms with van der Waals surface area (Å²) in [4.78, 5) is 81.0. The molecule has 152 valence electrons. The molecule has 0 aromatic heterocycles. The van der Waals surface area contributed by atoms with Crippen molar-refractivity contribution in [3.63, 3.8) is 0 Å². The second kappa shape index (κ2) is 8.77. The largest absolute Gasteiger partial charge is 0.339 e. The van der Waals surface area contributed by atoms with Crippen LogP contribution in [-0.2, 0) is 38.4 Å². The van der Waals surface area contributed by atoms with Crippen LogP contribution in [0.25, 0.3) is 0 Å². The Bertz CT molecular complexity index is 699. The maximum atomic E-state index is 12.7. The molecule has 2 aliphatic heterocycles. The molecule has 28 heavy (non-hydrogen) atoms. The molecule has 0 bridgehead atoms. The number of imide groups is 2. The lowest BCUT2D eigenvalue weighted by Gasteiger charge is -2.30. The zero-order chi connectivity index (χ0) is 20.9. The normalized spacial score (nSPS) is 19.0. The number of hydrogen-bond acceptors (Lipinski definition) is 8. The summed E-state index contributed by atoms with van der Waals surface area (Å²) in [6.45, 7) is 5.29. The van der Waals surface area contributed by atoms with Gasteiger partial charge in [-0.15, -0.1) is 16.7 Å².